The van der Waals surface area contributed by atoms with Crippen molar-refractivity contribution in [2.75, 3.05) is 0 Å². The first-order chi connectivity index (χ1) is 21.1. The fraction of sp³-hybridized carbons (Fsp3) is 0.0976. The summed E-state index contributed by atoms with van der Waals surface area (Å²) in [5.74, 6) is 1.07. The number of aryl methyl sites for hydroxylation is 1. The van der Waals surface area contributed by atoms with E-state index in [0.717, 1.165) is 29.0 Å². The van der Waals surface area contributed by atoms with Gasteiger partial charge in [-0.15, -0.1) is 0 Å². The molecule has 0 aliphatic heterocycles. The zero-order chi connectivity index (χ0) is 29.0. The third-order valence-electron chi connectivity index (χ3n) is 8.98. The quantitative estimate of drug-likeness (QED) is 0.199. The van der Waals surface area contributed by atoms with Crippen LogP contribution < -0.4 is 0 Å². The van der Waals surface area contributed by atoms with Crippen LogP contribution >= 0.6 is 0 Å². The second kappa shape index (κ2) is 9.96. The Morgan fingerprint density at radius 1 is 0.628 bits per heavy atom. The predicted molar refractivity (Wildman–Crippen MR) is 182 cm³/mol. The Morgan fingerprint density at radius 3 is 2.02 bits per heavy atom. The van der Waals surface area contributed by atoms with E-state index in [-0.39, 0.29) is 5.41 Å². The summed E-state index contributed by atoms with van der Waals surface area (Å²) >= 11 is 0. The molecule has 0 radical (unpaired) electrons. The van der Waals surface area contributed by atoms with E-state index in [1.807, 2.05) is 0 Å². The summed E-state index contributed by atoms with van der Waals surface area (Å²) in [7, 11) is 0. The Kier molecular flexibility index (Phi) is 5.90. The molecule has 0 saturated carbocycles. The number of aromatic nitrogens is 2. The summed E-state index contributed by atoms with van der Waals surface area (Å²) < 4.78 is 2.35. The Morgan fingerprint density at radius 2 is 1.28 bits per heavy atom. The SMILES string of the molecule is Cc1ccc2c(-c3ccccc3)c3ccccc3c(-c3ccc(-n4c(C5(C)C=CC=CC5)nc5ccccc54)cc3)c2c1. The van der Waals surface area contributed by atoms with Crippen LogP contribution in [0, 0.1) is 6.92 Å². The van der Waals surface area contributed by atoms with Gasteiger partial charge in [-0.1, -0.05) is 127 Å². The lowest BCUT2D eigenvalue weighted by Crippen LogP contribution is -2.24. The standard InChI is InChI=1S/C41H32N2/c1-28-19-24-34-35(27-28)39(33-16-8-7-15-32(33)38(34)29-13-5-3-6-14-29)30-20-22-31(23-21-30)43-37-18-10-9-17-36(37)42-40(43)41(2)25-11-4-12-26-41/h3-25,27H,26H2,1-2H3. The number of para-hydroxylation sites is 2. The normalized spacial score (nSPS) is 16.4. The van der Waals surface area contributed by atoms with Crippen LogP contribution in [0.25, 0.3) is 60.5 Å². The van der Waals surface area contributed by atoms with Gasteiger partial charge in [0.2, 0.25) is 0 Å². The molecule has 0 amide bonds. The van der Waals surface area contributed by atoms with E-state index < -0.39 is 0 Å². The van der Waals surface area contributed by atoms with Crippen LogP contribution in [0.2, 0.25) is 0 Å². The van der Waals surface area contributed by atoms with Gasteiger partial charge in [-0.25, -0.2) is 4.98 Å². The minimum atomic E-state index is -0.177. The van der Waals surface area contributed by atoms with E-state index in [4.69, 9.17) is 4.98 Å². The monoisotopic (exact) mass is 552 g/mol. The Hall–Kier alpha value is -5.21. The highest BCUT2D eigenvalue weighted by atomic mass is 15.1. The van der Waals surface area contributed by atoms with Gasteiger partial charge >= 0.3 is 0 Å². The first-order valence-corrected chi connectivity index (χ1v) is 15.0. The Labute approximate surface area is 252 Å². The highest BCUT2D eigenvalue weighted by molar-refractivity contribution is 6.21. The van der Waals surface area contributed by atoms with E-state index in [1.54, 1.807) is 0 Å². The van der Waals surface area contributed by atoms with E-state index in [2.05, 4.69) is 164 Å². The van der Waals surface area contributed by atoms with Crippen molar-refractivity contribution in [3.8, 4) is 27.9 Å². The second-order valence-corrected chi connectivity index (χ2v) is 11.9. The van der Waals surface area contributed by atoms with Crippen LogP contribution in [0.5, 0.6) is 0 Å². The average Bonchev–Trinajstić information content (AvgIpc) is 3.45. The van der Waals surface area contributed by atoms with E-state index >= 15 is 0 Å². The Bertz CT molecular complexity index is 2220. The first kappa shape index (κ1) is 25.5. The first-order valence-electron chi connectivity index (χ1n) is 15.0. The molecule has 0 fully saturated rings. The lowest BCUT2D eigenvalue weighted by Gasteiger charge is -2.27. The van der Waals surface area contributed by atoms with Crippen molar-refractivity contribution in [2.24, 2.45) is 0 Å². The number of rotatable bonds is 4. The third kappa shape index (κ3) is 4.13. The van der Waals surface area contributed by atoms with Gasteiger partial charge in [0.25, 0.3) is 0 Å². The van der Waals surface area contributed by atoms with E-state index in [0.29, 0.717) is 0 Å². The highest BCUT2D eigenvalue weighted by Crippen LogP contribution is 2.44. The zero-order valence-corrected chi connectivity index (χ0v) is 24.5. The molecule has 1 aliphatic rings. The van der Waals surface area contributed by atoms with E-state index in [1.165, 1.54) is 49.4 Å². The van der Waals surface area contributed by atoms with Crippen molar-refractivity contribution in [1.82, 2.24) is 9.55 Å². The fourth-order valence-corrected chi connectivity index (χ4v) is 6.86. The van der Waals surface area contributed by atoms with Gasteiger partial charge in [-0.05, 0) is 88.3 Å². The molecule has 2 heteroatoms. The lowest BCUT2D eigenvalue weighted by molar-refractivity contribution is 0.550. The fourth-order valence-electron chi connectivity index (χ4n) is 6.86. The summed E-state index contributed by atoms with van der Waals surface area (Å²) in [6.45, 7) is 4.47. The molecule has 1 atom stereocenters. The summed E-state index contributed by atoms with van der Waals surface area (Å²) in [5, 5.41) is 5.11. The highest BCUT2D eigenvalue weighted by Gasteiger charge is 2.30. The van der Waals surface area contributed by atoms with Crippen molar-refractivity contribution in [3.63, 3.8) is 0 Å². The number of allylic oxidation sites excluding steroid dienone is 4. The predicted octanol–water partition coefficient (Wildman–Crippen LogP) is 10.7. The summed E-state index contributed by atoms with van der Waals surface area (Å²) in [4.78, 5) is 5.17. The molecule has 2 nitrogen and oxygen atoms in total. The molecule has 1 heterocycles. The van der Waals surface area contributed by atoms with Gasteiger partial charge in [0, 0.05) is 11.1 Å². The molecule has 0 bridgehead atoms. The molecule has 1 aliphatic carbocycles. The number of benzene rings is 6. The molecule has 7 aromatic rings. The molecule has 8 rings (SSSR count). The average molecular weight is 553 g/mol. The van der Waals surface area contributed by atoms with Crippen molar-refractivity contribution >= 4 is 32.6 Å². The summed E-state index contributed by atoms with van der Waals surface area (Å²) in [5.41, 5.74) is 9.40. The molecular formula is C41H32N2. The van der Waals surface area contributed by atoms with Crippen LogP contribution in [0.1, 0.15) is 24.7 Å². The van der Waals surface area contributed by atoms with Gasteiger partial charge in [0.1, 0.15) is 5.82 Å². The van der Waals surface area contributed by atoms with Crippen LogP contribution in [-0.2, 0) is 5.41 Å². The van der Waals surface area contributed by atoms with Crippen LogP contribution in [0.4, 0.5) is 0 Å². The number of nitrogens with zero attached hydrogens (tertiary/aromatic N) is 2. The van der Waals surface area contributed by atoms with Crippen LogP contribution in [0.3, 0.4) is 0 Å². The molecule has 6 aromatic carbocycles. The third-order valence-corrected chi connectivity index (χ3v) is 8.98. The van der Waals surface area contributed by atoms with Crippen molar-refractivity contribution in [2.45, 2.75) is 25.7 Å². The molecule has 0 spiro atoms. The number of hydrogen-bond donors (Lipinski definition) is 0. The molecule has 206 valence electrons. The van der Waals surface area contributed by atoms with Crippen LogP contribution in [0.15, 0.2) is 146 Å². The maximum absolute atomic E-state index is 5.17. The lowest BCUT2D eigenvalue weighted by atomic mass is 9.82. The van der Waals surface area contributed by atoms with Crippen LogP contribution in [-0.4, -0.2) is 9.55 Å². The van der Waals surface area contributed by atoms with E-state index in [9.17, 15) is 0 Å². The largest absolute Gasteiger partial charge is 0.296 e. The molecule has 0 saturated heterocycles. The van der Waals surface area contributed by atoms with Crippen molar-refractivity contribution in [1.29, 1.82) is 0 Å². The molecule has 1 aromatic heterocycles. The van der Waals surface area contributed by atoms with Gasteiger partial charge in [-0.3, -0.25) is 4.57 Å². The topological polar surface area (TPSA) is 17.8 Å². The maximum Gasteiger partial charge on any atom is 0.124 e. The second-order valence-electron chi connectivity index (χ2n) is 11.9. The summed E-state index contributed by atoms with van der Waals surface area (Å²) in [6.07, 6.45) is 9.73. The summed E-state index contributed by atoms with van der Waals surface area (Å²) in [6, 6.07) is 44.1. The Balaban J connectivity index is 1.36. The van der Waals surface area contributed by atoms with Gasteiger partial charge < -0.3 is 0 Å². The molecule has 0 N–H and O–H groups in total. The zero-order valence-electron chi connectivity index (χ0n) is 24.5. The minimum absolute atomic E-state index is 0.177. The minimum Gasteiger partial charge on any atom is -0.296 e. The molecule has 1 unspecified atom stereocenters. The van der Waals surface area contributed by atoms with Gasteiger partial charge in [0.05, 0.1) is 11.0 Å². The molecular weight excluding hydrogens is 520 g/mol. The van der Waals surface area contributed by atoms with Crippen molar-refractivity contribution < 1.29 is 0 Å². The van der Waals surface area contributed by atoms with Gasteiger partial charge in [0.15, 0.2) is 0 Å². The maximum atomic E-state index is 5.17. The number of fused-ring (bicyclic) bond motifs is 3. The van der Waals surface area contributed by atoms with Crippen molar-refractivity contribution in [3.05, 3.63) is 157 Å². The smallest absolute Gasteiger partial charge is 0.124 e. The van der Waals surface area contributed by atoms with Gasteiger partial charge in [-0.2, -0.15) is 0 Å². The number of imidazole rings is 1. The number of hydrogen-bond acceptors (Lipinski definition) is 1. The molecule has 43 heavy (non-hydrogen) atoms.